The minimum absolute atomic E-state index is 0.0540. The van der Waals surface area contributed by atoms with Gasteiger partial charge in [-0.2, -0.15) is 0 Å². The third-order valence-electron chi connectivity index (χ3n) is 3.66. The number of benzene rings is 1. The predicted octanol–water partition coefficient (Wildman–Crippen LogP) is 1.19. The SMILES string of the molecule is COc1cccc(NC(=O)N2CCN(CCCN)CC2)c1. The Morgan fingerprint density at radius 1 is 1.33 bits per heavy atom. The van der Waals surface area contributed by atoms with E-state index in [-0.39, 0.29) is 6.03 Å². The lowest BCUT2D eigenvalue weighted by molar-refractivity contribution is 0.147. The van der Waals surface area contributed by atoms with Crippen LogP contribution in [0.5, 0.6) is 5.75 Å². The number of ether oxygens (including phenoxy) is 1. The molecule has 6 heteroatoms. The lowest BCUT2D eigenvalue weighted by atomic mass is 10.3. The maximum Gasteiger partial charge on any atom is 0.321 e. The first kappa shape index (κ1) is 15.6. The second-order valence-electron chi connectivity index (χ2n) is 5.13. The summed E-state index contributed by atoms with van der Waals surface area (Å²) in [6, 6.07) is 7.33. The fourth-order valence-electron chi connectivity index (χ4n) is 2.39. The van der Waals surface area contributed by atoms with E-state index in [1.165, 1.54) is 0 Å². The molecule has 0 bridgehead atoms. The van der Waals surface area contributed by atoms with E-state index in [0.717, 1.165) is 57.1 Å². The van der Waals surface area contributed by atoms with E-state index in [2.05, 4.69) is 10.2 Å². The number of nitrogens with one attached hydrogen (secondary N) is 1. The number of nitrogens with two attached hydrogens (primary N) is 1. The van der Waals surface area contributed by atoms with Crippen molar-refractivity contribution in [1.82, 2.24) is 9.80 Å². The van der Waals surface area contributed by atoms with Crippen molar-refractivity contribution in [3.63, 3.8) is 0 Å². The number of nitrogens with zero attached hydrogens (tertiary/aromatic N) is 2. The molecule has 1 fully saturated rings. The highest BCUT2D eigenvalue weighted by Gasteiger charge is 2.20. The summed E-state index contributed by atoms with van der Waals surface area (Å²) in [6.07, 6.45) is 1.01. The normalized spacial score (nSPS) is 15.8. The third kappa shape index (κ3) is 4.61. The highest BCUT2D eigenvalue weighted by Crippen LogP contribution is 2.17. The number of rotatable bonds is 5. The zero-order valence-electron chi connectivity index (χ0n) is 12.5. The van der Waals surface area contributed by atoms with Gasteiger partial charge in [0, 0.05) is 37.9 Å². The summed E-state index contributed by atoms with van der Waals surface area (Å²) in [5.41, 5.74) is 6.27. The first-order valence-electron chi connectivity index (χ1n) is 7.35. The summed E-state index contributed by atoms with van der Waals surface area (Å²) in [6.45, 7) is 5.05. The van der Waals surface area contributed by atoms with E-state index < -0.39 is 0 Å². The molecule has 0 saturated carbocycles. The molecule has 1 saturated heterocycles. The maximum atomic E-state index is 12.2. The minimum Gasteiger partial charge on any atom is -0.497 e. The van der Waals surface area contributed by atoms with Gasteiger partial charge in [-0.1, -0.05) is 6.07 Å². The van der Waals surface area contributed by atoms with Crippen LogP contribution in [0.4, 0.5) is 10.5 Å². The Hall–Kier alpha value is -1.79. The molecule has 2 rings (SSSR count). The Balaban J connectivity index is 1.81. The van der Waals surface area contributed by atoms with E-state index >= 15 is 0 Å². The van der Waals surface area contributed by atoms with Gasteiger partial charge in [0.25, 0.3) is 0 Å². The van der Waals surface area contributed by atoms with Crippen molar-refractivity contribution in [1.29, 1.82) is 0 Å². The van der Waals surface area contributed by atoms with Crippen LogP contribution in [0.25, 0.3) is 0 Å². The van der Waals surface area contributed by atoms with Crippen LogP contribution in [0.15, 0.2) is 24.3 Å². The Labute approximate surface area is 125 Å². The summed E-state index contributed by atoms with van der Waals surface area (Å²) in [5.74, 6) is 0.736. The molecular weight excluding hydrogens is 268 g/mol. The van der Waals surface area contributed by atoms with Gasteiger partial charge in [0.05, 0.1) is 7.11 Å². The number of hydrogen-bond acceptors (Lipinski definition) is 4. The van der Waals surface area contributed by atoms with Gasteiger partial charge in [-0.05, 0) is 31.6 Å². The van der Waals surface area contributed by atoms with Crippen LogP contribution < -0.4 is 15.8 Å². The molecule has 2 amide bonds. The fourth-order valence-corrected chi connectivity index (χ4v) is 2.39. The lowest BCUT2D eigenvalue weighted by Gasteiger charge is -2.34. The molecule has 1 aliphatic heterocycles. The molecule has 6 nitrogen and oxygen atoms in total. The van der Waals surface area contributed by atoms with Gasteiger partial charge in [-0.25, -0.2) is 4.79 Å². The lowest BCUT2D eigenvalue weighted by Crippen LogP contribution is -2.50. The van der Waals surface area contributed by atoms with E-state index in [9.17, 15) is 4.79 Å². The van der Waals surface area contributed by atoms with E-state index in [1.54, 1.807) is 7.11 Å². The molecule has 0 atom stereocenters. The number of amides is 2. The summed E-state index contributed by atoms with van der Waals surface area (Å²) in [5, 5.41) is 2.91. The second kappa shape index (κ2) is 7.85. The Morgan fingerprint density at radius 3 is 2.76 bits per heavy atom. The summed E-state index contributed by atoms with van der Waals surface area (Å²) in [7, 11) is 1.61. The Bertz CT molecular complexity index is 459. The van der Waals surface area contributed by atoms with Crippen LogP contribution in [0.3, 0.4) is 0 Å². The van der Waals surface area contributed by atoms with Crippen LogP contribution in [0.1, 0.15) is 6.42 Å². The quantitative estimate of drug-likeness (QED) is 0.855. The third-order valence-corrected chi connectivity index (χ3v) is 3.66. The topological polar surface area (TPSA) is 70.8 Å². The molecule has 21 heavy (non-hydrogen) atoms. The number of methoxy groups -OCH3 is 1. The van der Waals surface area contributed by atoms with Crippen LogP contribution >= 0.6 is 0 Å². The van der Waals surface area contributed by atoms with Crippen LogP contribution in [-0.4, -0.2) is 62.2 Å². The van der Waals surface area contributed by atoms with Crippen LogP contribution in [-0.2, 0) is 0 Å². The fraction of sp³-hybridized carbons (Fsp3) is 0.533. The number of carbonyl (C=O) groups is 1. The molecule has 0 unspecified atom stereocenters. The Kier molecular flexibility index (Phi) is 5.83. The van der Waals surface area contributed by atoms with Crippen LogP contribution in [0.2, 0.25) is 0 Å². The van der Waals surface area contributed by atoms with Crippen molar-refractivity contribution in [3.8, 4) is 5.75 Å². The molecule has 0 radical (unpaired) electrons. The molecule has 3 N–H and O–H groups in total. The summed E-state index contributed by atoms with van der Waals surface area (Å²) in [4.78, 5) is 16.4. The standard InChI is InChI=1S/C15H24N4O2/c1-21-14-5-2-4-13(12-14)17-15(20)19-10-8-18(9-11-19)7-3-6-16/h2,4-5,12H,3,6-11,16H2,1H3,(H,17,20). The zero-order valence-corrected chi connectivity index (χ0v) is 12.5. The Morgan fingerprint density at radius 2 is 2.10 bits per heavy atom. The molecule has 0 spiro atoms. The van der Waals surface area contributed by atoms with Gasteiger partial charge < -0.3 is 20.7 Å². The monoisotopic (exact) mass is 292 g/mol. The first-order valence-corrected chi connectivity index (χ1v) is 7.35. The number of hydrogen-bond donors (Lipinski definition) is 2. The van der Waals surface area contributed by atoms with Gasteiger partial charge in [0.2, 0.25) is 0 Å². The van der Waals surface area contributed by atoms with Gasteiger partial charge >= 0.3 is 6.03 Å². The molecular formula is C15H24N4O2. The average molecular weight is 292 g/mol. The summed E-state index contributed by atoms with van der Waals surface area (Å²) < 4.78 is 5.15. The van der Waals surface area contributed by atoms with Crippen LogP contribution in [0, 0.1) is 0 Å². The van der Waals surface area contributed by atoms with Crippen molar-refractivity contribution >= 4 is 11.7 Å². The highest BCUT2D eigenvalue weighted by molar-refractivity contribution is 5.89. The number of piperazine rings is 1. The average Bonchev–Trinajstić information content (AvgIpc) is 2.53. The van der Waals surface area contributed by atoms with Gasteiger partial charge in [0.1, 0.15) is 5.75 Å². The molecule has 1 aromatic carbocycles. The molecule has 0 aliphatic carbocycles. The predicted molar refractivity (Wildman–Crippen MR) is 83.7 cm³/mol. The largest absolute Gasteiger partial charge is 0.497 e. The van der Waals surface area contributed by atoms with Gasteiger partial charge in [-0.3, -0.25) is 4.90 Å². The van der Waals surface area contributed by atoms with Gasteiger partial charge in [-0.15, -0.1) is 0 Å². The highest BCUT2D eigenvalue weighted by atomic mass is 16.5. The van der Waals surface area contributed by atoms with Gasteiger partial charge in [0.15, 0.2) is 0 Å². The second-order valence-corrected chi connectivity index (χ2v) is 5.13. The number of carbonyl (C=O) groups excluding carboxylic acids is 1. The van der Waals surface area contributed by atoms with Crippen molar-refractivity contribution in [2.75, 3.05) is 51.7 Å². The van der Waals surface area contributed by atoms with Crippen molar-refractivity contribution < 1.29 is 9.53 Å². The smallest absolute Gasteiger partial charge is 0.321 e. The van der Waals surface area contributed by atoms with Crippen molar-refractivity contribution in [2.24, 2.45) is 5.73 Å². The summed E-state index contributed by atoms with van der Waals surface area (Å²) >= 11 is 0. The molecule has 116 valence electrons. The number of anilines is 1. The molecule has 1 aromatic rings. The van der Waals surface area contributed by atoms with E-state index in [0.29, 0.717) is 0 Å². The van der Waals surface area contributed by atoms with E-state index in [4.69, 9.17) is 10.5 Å². The maximum absolute atomic E-state index is 12.2. The van der Waals surface area contributed by atoms with E-state index in [1.807, 2.05) is 29.2 Å². The number of urea groups is 1. The molecule has 1 heterocycles. The molecule has 0 aromatic heterocycles. The molecule has 1 aliphatic rings. The zero-order chi connectivity index (χ0) is 15.1. The van der Waals surface area contributed by atoms with Crippen molar-refractivity contribution in [2.45, 2.75) is 6.42 Å². The van der Waals surface area contributed by atoms with Crippen molar-refractivity contribution in [3.05, 3.63) is 24.3 Å². The first-order chi connectivity index (χ1) is 10.2. The minimum atomic E-state index is -0.0540.